The maximum atomic E-state index is 15.0. The normalized spacial score (nSPS) is 14.5. The summed E-state index contributed by atoms with van der Waals surface area (Å²) in [5.74, 6) is -23.5. The number of aliphatic carboxylic acids is 3. The molecule has 3 rings (SSSR count). The van der Waals surface area contributed by atoms with Crippen LogP contribution in [0.2, 0.25) is 0 Å². The van der Waals surface area contributed by atoms with Crippen molar-refractivity contribution in [3.05, 3.63) is 89.5 Å². The number of primary amides is 1. The van der Waals surface area contributed by atoms with Crippen LogP contribution in [0.3, 0.4) is 0 Å². The van der Waals surface area contributed by atoms with Gasteiger partial charge in [0.25, 0.3) is 0 Å². The molecule has 3 aromatic rings. The average molecular weight is 1790 g/mol. The molecule has 0 saturated heterocycles. The molecule has 0 spiro atoms. The molecule has 0 aliphatic carbocycles. The van der Waals surface area contributed by atoms with Gasteiger partial charge in [-0.2, -0.15) is 18.3 Å². The van der Waals surface area contributed by atoms with Gasteiger partial charge in [-0.15, -0.1) is 0 Å². The van der Waals surface area contributed by atoms with Gasteiger partial charge in [0.05, 0.1) is 25.0 Å². The summed E-state index contributed by atoms with van der Waals surface area (Å²) in [6, 6.07) is -7.74. The van der Waals surface area contributed by atoms with Gasteiger partial charge in [0.2, 0.25) is 76.8 Å². The van der Waals surface area contributed by atoms with E-state index in [2.05, 4.69) is 74.4 Å². The molecular formula is C74H108N20O28P2. The Balaban J connectivity index is 2.15. The molecule has 13 amide bonds. The fraction of sp³-hybridized carbons (Fsp3) is 0.514. The molecule has 0 aliphatic heterocycles. The van der Waals surface area contributed by atoms with Crippen molar-refractivity contribution in [1.82, 2.24) is 74.4 Å². The zero-order valence-corrected chi connectivity index (χ0v) is 70.0. The van der Waals surface area contributed by atoms with E-state index in [1.54, 1.807) is 0 Å². The smallest absolute Gasteiger partial charge is 0.508 e. The minimum absolute atomic E-state index is 0.0115. The highest BCUT2D eigenvalue weighted by Crippen LogP contribution is 2.23. The number of nitrogens with one attached hydrogen (secondary N) is 16. The predicted molar refractivity (Wildman–Crippen MR) is 433 cm³/mol. The van der Waals surface area contributed by atoms with Crippen molar-refractivity contribution in [3.8, 4) is 17.2 Å². The van der Waals surface area contributed by atoms with E-state index in [0.717, 1.165) is 45.0 Å². The number of aromatic hydroxyl groups is 1. The lowest BCUT2D eigenvalue weighted by Gasteiger charge is -2.30. The number of nitrogens with two attached hydrogens (primary N) is 4. The summed E-state index contributed by atoms with van der Waals surface area (Å²) >= 11 is 0. The molecule has 0 saturated carbocycles. The van der Waals surface area contributed by atoms with Crippen LogP contribution in [-0.4, -0.2) is 242 Å². The molecule has 30 N–H and O–H groups in total. The molecule has 682 valence electrons. The van der Waals surface area contributed by atoms with E-state index in [4.69, 9.17) is 42.8 Å². The fourth-order valence-electron chi connectivity index (χ4n) is 11.8. The van der Waals surface area contributed by atoms with Crippen molar-refractivity contribution >= 4 is 122 Å². The number of guanidine groups is 2. The van der Waals surface area contributed by atoms with Crippen molar-refractivity contribution in [3.63, 3.8) is 0 Å². The van der Waals surface area contributed by atoms with Crippen molar-refractivity contribution in [2.45, 2.75) is 216 Å². The number of carbonyl (C=O) groups excluding carboxylic acids is 13. The largest absolute Gasteiger partial charge is 0.529 e. The van der Waals surface area contributed by atoms with Crippen LogP contribution in [0.25, 0.3) is 0 Å². The molecule has 0 unspecified atom stereocenters. The maximum absolute atomic E-state index is 15.0. The second kappa shape index (κ2) is 53.5. The summed E-state index contributed by atoms with van der Waals surface area (Å²) in [6.45, 7) is 6.20. The van der Waals surface area contributed by atoms with Gasteiger partial charge in [-0.25, -0.2) is 0 Å². The Bertz CT molecular complexity index is 4370. The monoisotopic (exact) mass is 1790 g/mol. The number of phenols is 1. The number of rotatable bonds is 57. The van der Waals surface area contributed by atoms with Gasteiger partial charge in [0, 0.05) is 45.7 Å². The summed E-state index contributed by atoms with van der Waals surface area (Å²) in [4.78, 5) is 221. The number of unbranched alkanes of at least 4 members (excludes halogenated alkanes) is 1. The Hall–Kier alpha value is -13.2. The van der Waals surface area contributed by atoms with Gasteiger partial charge < -0.3 is 137 Å². The molecule has 0 aromatic heterocycles. The minimum atomic E-state index is -3.46. The maximum Gasteiger partial charge on any atom is 0.529 e. The number of aliphatic hydroxyl groups excluding tert-OH is 2. The van der Waals surface area contributed by atoms with Crippen molar-refractivity contribution in [2.24, 2.45) is 28.9 Å². The van der Waals surface area contributed by atoms with E-state index in [1.165, 1.54) is 62.4 Å². The van der Waals surface area contributed by atoms with Gasteiger partial charge >= 0.3 is 33.7 Å². The second-order valence-corrected chi connectivity index (χ2v) is 29.8. The second-order valence-electron chi connectivity index (χ2n) is 28.5. The van der Waals surface area contributed by atoms with E-state index in [-0.39, 0.29) is 92.1 Å². The molecular weight excluding hydrogens is 1680 g/mol. The van der Waals surface area contributed by atoms with Gasteiger partial charge in [-0.1, -0.05) is 56.7 Å². The third-order valence-corrected chi connectivity index (χ3v) is 19.2. The Morgan fingerprint density at radius 3 is 1.06 bits per heavy atom. The summed E-state index contributed by atoms with van der Waals surface area (Å²) in [5.41, 5.74) is 22.5. The summed E-state index contributed by atoms with van der Waals surface area (Å²) in [5, 5.41) is 110. The summed E-state index contributed by atoms with van der Waals surface area (Å²) < 4.78 is 55.3. The molecule has 0 heterocycles. The highest BCUT2D eigenvalue weighted by atomic mass is 31.1. The molecule has 50 heteroatoms. The third kappa shape index (κ3) is 39.5. The highest BCUT2D eigenvalue weighted by molar-refractivity contribution is 7.25. The SMILES string of the molecule is CC[C@H](C)[C@H](NC(=O)[C@H](CC(=O)O)NC(=O)[C@H](CCCNC(=N)N)NC(=O)[C@@H](NC(C)=O)[C@@H](C)O)C(=O)N[C@@H](Cc1ccc(OP(=O)=O)cc1)C(=O)N[C@@H](CCC(=O)O)C(=O)N[C@H](C(=O)N[C@@H](CC(=O)O)C(=O)N[C@@H](Cc1ccc(OP(=O)=O)cc1)C(=O)N[C@@H](Cc1ccc(O)cc1)C(=O)N[C@@H](CCCNC(=N)N)C(=O)N[C@@H](CCCCN)C(N)=O)[C@@H](C)O. The van der Waals surface area contributed by atoms with Crippen LogP contribution in [-0.2, 0) is 114 Å². The topological polar surface area (TPSA) is 801 Å². The number of carboxylic acids is 3. The quantitative estimate of drug-likeness (QED) is 0.0109. The van der Waals surface area contributed by atoms with Crippen molar-refractivity contribution in [2.75, 3.05) is 19.6 Å². The van der Waals surface area contributed by atoms with Crippen LogP contribution >= 0.6 is 15.8 Å². The Labute approximate surface area is 710 Å². The molecule has 0 fully saturated rings. The zero-order valence-electron chi connectivity index (χ0n) is 68.2. The number of benzene rings is 3. The minimum Gasteiger partial charge on any atom is -0.508 e. The predicted octanol–water partition coefficient (Wildman–Crippen LogP) is -5.05. The van der Waals surface area contributed by atoms with Gasteiger partial charge in [-0.05, 0) is 131 Å². The van der Waals surface area contributed by atoms with E-state index >= 15 is 0 Å². The lowest BCUT2D eigenvalue weighted by atomic mass is 9.96. The van der Waals surface area contributed by atoms with E-state index in [0.29, 0.717) is 12.8 Å². The fourth-order valence-corrected chi connectivity index (χ4v) is 12.4. The molecule has 0 aliphatic rings. The highest BCUT2D eigenvalue weighted by Gasteiger charge is 2.40. The van der Waals surface area contributed by atoms with Gasteiger partial charge in [0.15, 0.2) is 11.9 Å². The molecule has 15 atom stereocenters. The first-order valence-electron chi connectivity index (χ1n) is 38.7. The number of hydrogen-bond acceptors (Lipinski definition) is 28. The number of carboxylic acid groups (broad SMARTS) is 3. The van der Waals surface area contributed by atoms with Crippen molar-refractivity contribution < 1.29 is 135 Å². The van der Waals surface area contributed by atoms with Gasteiger partial charge in [-0.3, -0.25) is 87.5 Å². The first-order chi connectivity index (χ1) is 58.3. The van der Waals surface area contributed by atoms with Crippen LogP contribution in [0.5, 0.6) is 17.2 Å². The first-order valence-corrected chi connectivity index (χ1v) is 40.9. The van der Waals surface area contributed by atoms with Crippen molar-refractivity contribution in [1.29, 1.82) is 10.8 Å². The van der Waals surface area contributed by atoms with Gasteiger partial charge in [0.1, 0.15) is 89.8 Å². The summed E-state index contributed by atoms with van der Waals surface area (Å²) in [6.07, 6.45) is -9.34. The molecule has 0 radical (unpaired) electrons. The number of phenolic OH excluding ortho intramolecular Hbond substituents is 1. The van der Waals surface area contributed by atoms with E-state index in [1.807, 2.05) is 0 Å². The number of amides is 13. The lowest BCUT2D eigenvalue weighted by molar-refractivity contribution is -0.142. The van der Waals surface area contributed by atoms with Crippen LogP contribution in [0.1, 0.15) is 128 Å². The molecule has 0 bridgehead atoms. The van der Waals surface area contributed by atoms with Crippen LogP contribution in [0, 0.1) is 16.7 Å². The third-order valence-electron chi connectivity index (χ3n) is 18.5. The van der Waals surface area contributed by atoms with Crippen LogP contribution in [0.15, 0.2) is 72.8 Å². The number of carbonyl (C=O) groups is 16. The van der Waals surface area contributed by atoms with E-state index < -0.39 is 258 Å². The molecule has 48 nitrogen and oxygen atoms in total. The average Bonchev–Trinajstić information content (AvgIpc) is 0.841. The standard InChI is InChI=1S/C74H108N20O28P2/c1-6-36(2)58(93-69(113)54(35-57(103)104)90-63(107)48(13-10-30-82-74(79)80)87-71(115)59(37(3)95)83-39(5)97)70(114)91-52(33-42-18-24-45(25-19-42)122-124(119)120)66(110)86-49(26-27-55(99)100)64(108)94-60(38(4)96)72(116)92-53(34-56(101)102)68(112)89-51(32-41-16-22-44(23-17-41)121-123(117)118)67(111)88-50(31-40-14-20-43(98)21-15-40)65(109)85-47(12-9-29-81-73(77)78)62(106)84-46(61(76)105)11-7-8-28-75/h14-25,36-38,46-54,58-60,95-96,98H,6-13,26-35,75H2,1-5H3,(H2,76,105)(H,83,97)(H,84,106)(H,85,109)(H,86,110)(H,87,115)(H,88,111)(H,89,112)(H,90,107)(H,91,114)(H,92,116)(H,93,113)(H,94,108)(H,99,100)(H,101,102)(H,103,104)(H4,77,78,81)(H4,79,80,82)/t36-,37+,38+,46-,47-,48-,49-,50-,51-,52-,53-,54-,58-,59-,60-/m0/s1. The Morgan fingerprint density at radius 1 is 0.395 bits per heavy atom. The molecule has 3 aromatic carbocycles. The van der Waals surface area contributed by atoms with Crippen LogP contribution in [0.4, 0.5) is 0 Å². The zero-order chi connectivity index (χ0) is 93.2. The first kappa shape index (κ1) is 105. The molecule has 124 heavy (non-hydrogen) atoms. The number of hydrogen-bond donors (Lipinski definition) is 26. The lowest BCUT2D eigenvalue weighted by Crippen LogP contribution is -2.63. The number of aliphatic hydroxyl groups is 2. The Morgan fingerprint density at radius 2 is 0.702 bits per heavy atom. The Kier molecular flexibility index (Phi) is 45.3. The summed E-state index contributed by atoms with van der Waals surface area (Å²) in [7, 11) is -6.92. The van der Waals surface area contributed by atoms with Crippen LogP contribution < -0.4 is 106 Å². The van der Waals surface area contributed by atoms with E-state index in [9.17, 15) is 126 Å².